The first-order chi connectivity index (χ1) is 18.8. The summed E-state index contributed by atoms with van der Waals surface area (Å²) < 4.78 is 0. The highest BCUT2D eigenvalue weighted by Crippen LogP contribution is 2.74. The summed E-state index contributed by atoms with van der Waals surface area (Å²) in [6, 6.07) is 28.8. The Balaban J connectivity index is 1.53. The Morgan fingerprint density at radius 3 is 1.95 bits per heavy atom. The average molecular weight is 523 g/mol. The third-order valence-corrected chi connectivity index (χ3v) is 14.2. The molecule has 0 saturated heterocycles. The Morgan fingerprint density at radius 2 is 1.26 bits per heavy atom. The molecule has 0 aromatic heterocycles. The second kappa shape index (κ2) is 12.1. The van der Waals surface area contributed by atoms with Gasteiger partial charge in [-0.15, -0.1) is 0 Å². The fourth-order valence-corrected chi connectivity index (χ4v) is 13.2. The predicted octanol–water partition coefficient (Wildman–Crippen LogP) is 11.0. The van der Waals surface area contributed by atoms with Crippen molar-refractivity contribution in [2.75, 3.05) is 0 Å². The van der Waals surface area contributed by atoms with E-state index < -0.39 is 0 Å². The van der Waals surface area contributed by atoms with Gasteiger partial charge >= 0.3 is 0 Å². The minimum absolute atomic E-state index is 0.172. The van der Waals surface area contributed by atoms with Gasteiger partial charge in [-0.2, -0.15) is 0 Å². The van der Waals surface area contributed by atoms with E-state index in [1.165, 1.54) is 102 Å². The molecule has 3 aliphatic rings. The number of hydrogen-bond donors (Lipinski definition) is 0. The van der Waals surface area contributed by atoms with E-state index in [9.17, 15) is 0 Å². The van der Waals surface area contributed by atoms with Gasteiger partial charge in [0.25, 0.3) is 0 Å². The molecule has 2 saturated carbocycles. The van der Waals surface area contributed by atoms with Gasteiger partial charge in [0, 0.05) is 5.16 Å². The molecule has 0 bridgehead atoms. The Labute approximate surface area is 233 Å². The van der Waals surface area contributed by atoms with Gasteiger partial charge in [-0.1, -0.05) is 133 Å². The molecular formula is C37H47P. The van der Waals surface area contributed by atoms with Crippen LogP contribution in [-0.4, -0.2) is 11.3 Å². The van der Waals surface area contributed by atoms with Crippen molar-refractivity contribution in [3.05, 3.63) is 95.1 Å². The van der Waals surface area contributed by atoms with Gasteiger partial charge in [-0.25, -0.2) is 0 Å². The van der Waals surface area contributed by atoms with Crippen LogP contribution in [-0.2, 0) is 18.0 Å². The van der Waals surface area contributed by atoms with Crippen molar-refractivity contribution in [1.82, 2.24) is 0 Å². The molecule has 0 radical (unpaired) electrons. The van der Waals surface area contributed by atoms with E-state index in [0.717, 1.165) is 11.3 Å². The number of hydrogen-bond acceptors (Lipinski definition) is 0. The quantitative estimate of drug-likeness (QED) is 0.245. The molecule has 1 heteroatoms. The highest BCUT2D eigenvalue weighted by Gasteiger charge is 2.52. The lowest BCUT2D eigenvalue weighted by Gasteiger charge is -2.50. The lowest BCUT2D eigenvalue weighted by molar-refractivity contribution is 0.471. The van der Waals surface area contributed by atoms with Crippen LogP contribution in [0.2, 0.25) is 0 Å². The van der Waals surface area contributed by atoms with Crippen LogP contribution in [0.3, 0.4) is 0 Å². The number of benzene rings is 3. The number of aryl methyl sites for hydroxylation is 2. The van der Waals surface area contributed by atoms with Crippen molar-refractivity contribution in [2.45, 2.75) is 120 Å². The maximum Gasteiger partial charge on any atom is 0.0421 e. The zero-order valence-corrected chi connectivity index (χ0v) is 24.5. The molecule has 3 aromatic carbocycles. The largest absolute Gasteiger partial charge is 0.0846 e. The monoisotopic (exact) mass is 522 g/mol. The summed E-state index contributed by atoms with van der Waals surface area (Å²) in [4.78, 5) is 0. The van der Waals surface area contributed by atoms with E-state index in [2.05, 4.69) is 79.7 Å². The number of rotatable bonds is 9. The first-order valence-corrected chi connectivity index (χ1v) is 17.3. The molecular weight excluding hydrogens is 475 g/mol. The second-order valence-electron chi connectivity index (χ2n) is 12.4. The van der Waals surface area contributed by atoms with Gasteiger partial charge in [-0.05, 0) is 96.1 Å². The van der Waals surface area contributed by atoms with Gasteiger partial charge < -0.3 is 0 Å². The van der Waals surface area contributed by atoms with Crippen molar-refractivity contribution < 1.29 is 0 Å². The number of unbranched alkanes of at least 4 members (excludes halogenated alkanes) is 1. The molecule has 0 spiro atoms. The second-order valence-corrected chi connectivity index (χ2v) is 15.4. The van der Waals surface area contributed by atoms with E-state index in [-0.39, 0.29) is 13.1 Å². The lowest BCUT2D eigenvalue weighted by atomic mass is 9.88. The minimum atomic E-state index is -0.172. The Morgan fingerprint density at radius 1 is 0.632 bits per heavy atom. The molecule has 1 unspecified atom stereocenters. The molecule has 0 nitrogen and oxygen atoms in total. The summed E-state index contributed by atoms with van der Waals surface area (Å²) in [6.45, 7) is 2.32. The lowest BCUT2D eigenvalue weighted by Crippen LogP contribution is -2.35. The summed E-state index contributed by atoms with van der Waals surface area (Å²) in [6.07, 6.45) is 20.8. The molecule has 6 rings (SSSR count). The molecule has 0 heterocycles. The van der Waals surface area contributed by atoms with E-state index in [0.29, 0.717) is 0 Å². The zero-order chi connectivity index (χ0) is 25.8. The molecule has 2 fully saturated rings. The van der Waals surface area contributed by atoms with Crippen LogP contribution in [0.25, 0.3) is 11.1 Å². The third kappa shape index (κ3) is 5.04. The zero-order valence-electron chi connectivity index (χ0n) is 23.6. The standard InChI is InChI=1S/C37H47P/c1-2-3-15-30-24-25-36-34(28-30)33-22-13-14-23-35(33)37(36,27-26-29-16-7-4-8-17-29)38(31-18-9-5-10-19-31)32-20-11-6-12-21-32/h4,7-8,13-14,16-17,22-25,28,31-32H,2-3,5-6,9-12,15,18-21,26-27H2,1H3. The topological polar surface area (TPSA) is 0 Å². The van der Waals surface area contributed by atoms with Gasteiger partial charge in [0.2, 0.25) is 0 Å². The molecule has 3 aliphatic carbocycles. The highest BCUT2D eigenvalue weighted by molar-refractivity contribution is 7.60. The van der Waals surface area contributed by atoms with Crippen molar-refractivity contribution >= 4 is 7.92 Å². The van der Waals surface area contributed by atoms with Crippen molar-refractivity contribution in [3.63, 3.8) is 0 Å². The Hall–Kier alpha value is -1.91. The summed E-state index contributed by atoms with van der Waals surface area (Å²) >= 11 is 0. The van der Waals surface area contributed by atoms with E-state index in [1.54, 1.807) is 27.8 Å². The third-order valence-electron chi connectivity index (χ3n) is 10.0. The maximum atomic E-state index is 2.63. The molecule has 0 N–H and O–H groups in total. The summed E-state index contributed by atoms with van der Waals surface area (Å²) in [5.74, 6) is 0. The minimum Gasteiger partial charge on any atom is -0.0846 e. The molecule has 38 heavy (non-hydrogen) atoms. The molecule has 3 aromatic rings. The van der Waals surface area contributed by atoms with Crippen LogP contribution in [0.1, 0.15) is 113 Å². The first kappa shape index (κ1) is 26.3. The fraction of sp³-hybridized carbons (Fsp3) is 0.514. The van der Waals surface area contributed by atoms with Crippen molar-refractivity contribution in [1.29, 1.82) is 0 Å². The predicted molar refractivity (Wildman–Crippen MR) is 167 cm³/mol. The van der Waals surface area contributed by atoms with Gasteiger partial charge in [0.15, 0.2) is 0 Å². The Bertz CT molecular complexity index is 1170. The van der Waals surface area contributed by atoms with Crippen molar-refractivity contribution in [2.24, 2.45) is 0 Å². The SMILES string of the molecule is CCCCc1ccc2c(c1)-c1ccccc1C2(CCc1ccccc1)P(C1CCCCC1)C1CCCCC1. The van der Waals surface area contributed by atoms with Gasteiger partial charge in [0.1, 0.15) is 0 Å². The van der Waals surface area contributed by atoms with Crippen molar-refractivity contribution in [3.8, 4) is 11.1 Å². The fourth-order valence-electron chi connectivity index (χ4n) is 8.22. The highest BCUT2D eigenvalue weighted by atomic mass is 31.1. The molecule has 1 atom stereocenters. The van der Waals surface area contributed by atoms with E-state index in [4.69, 9.17) is 0 Å². The first-order valence-electron chi connectivity index (χ1n) is 15.9. The van der Waals surface area contributed by atoms with Crippen LogP contribution in [0, 0.1) is 0 Å². The maximum absolute atomic E-state index is 2.63. The van der Waals surface area contributed by atoms with Gasteiger partial charge in [0.05, 0.1) is 0 Å². The number of fused-ring (bicyclic) bond motifs is 3. The summed E-state index contributed by atoms with van der Waals surface area (Å²) in [5.41, 5.74) is 11.5. The molecule has 0 amide bonds. The van der Waals surface area contributed by atoms with Crippen LogP contribution >= 0.6 is 7.92 Å². The van der Waals surface area contributed by atoms with Crippen LogP contribution < -0.4 is 0 Å². The van der Waals surface area contributed by atoms with Crippen LogP contribution in [0.5, 0.6) is 0 Å². The normalized spacial score (nSPS) is 21.9. The van der Waals surface area contributed by atoms with Crippen LogP contribution in [0.4, 0.5) is 0 Å². The molecule has 0 aliphatic heterocycles. The summed E-state index contributed by atoms with van der Waals surface area (Å²) in [5, 5.41) is 0.199. The smallest absolute Gasteiger partial charge is 0.0421 e. The average Bonchev–Trinajstić information content (AvgIpc) is 3.26. The van der Waals surface area contributed by atoms with Crippen LogP contribution in [0.15, 0.2) is 72.8 Å². The molecule has 200 valence electrons. The Kier molecular flexibility index (Phi) is 8.37. The van der Waals surface area contributed by atoms with E-state index in [1.807, 2.05) is 0 Å². The van der Waals surface area contributed by atoms with E-state index >= 15 is 0 Å². The van der Waals surface area contributed by atoms with Gasteiger partial charge in [-0.3, -0.25) is 0 Å². The summed E-state index contributed by atoms with van der Waals surface area (Å²) in [7, 11) is -0.172.